The first-order valence-corrected chi connectivity index (χ1v) is 5.19. The van der Waals surface area contributed by atoms with Crippen LogP contribution >= 0.6 is 0 Å². The normalized spacial score (nSPS) is 11.6. The van der Waals surface area contributed by atoms with Crippen molar-refractivity contribution in [3.8, 4) is 0 Å². The van der Waals surface area contributed by atoms with Gasteiger partial charge in [0.1, 0.15) is 0 Å². The van der Waals surface area contributed by atoms with Crippen LogP contribution < -0.4 is 5.32 Å². The van der Waals surface area contributed by atoms with Crippen molar-refractivity contribution < 1.29 is 19.4 Å². The maximum Gasteiger partial charge on any atom is 0.330 e. The number of rotatable bonds is 5. The van der Waals surface area contributed by atoms with Gasteiger partial charge in [0.25, 0.3) is 0 Å². The van der Waals surface area contributed by atoms with Crippen molar-refractivity contribution in [1.29, 1.82) is 0 Å². The van der Waals surface area contributed by atoms with Gasteiger partial charge in [-0.1, -0.05) is 30.3 Å². The summed E-state index contributed by atoms with van der Waals surface area (Å²) in [6, 6.07) is 8.12. The second-order valence-corrected chi connectivity index (χ2v) is 3.49. The quantitative estimate of drug-likeness (QED) is 0.700. The molecule has 92 valence electrons. The van der Waals surface area contributed by atoms with E-state index in [2.05, 4.69) is 10.1 Å². The predicted molar refractivity (Wildman–Crippen MR) is 61.2 cm³/mol. The maximum atomic E-state index is 11.6. The van der Waals surface area contributed by atoms with Crippen LogP contribution in [0, 0.1) is 0 Å². The molecule has 1 rings (SSSR count). The Labute approximate surface area is 99.4 Å². The van der Waals surface area contributed by atoms with E-state index in [0.29, 0.717) is 0 Å². The third kappa shape index (κ3) is 4.24. The minimum Gasteiger partial charge on any atom is -0.467 e. The highest BCUT2D eigenvalue weighted by molar-refractivity contribution is 5.85. The summed E-state index contributed by atoms with van der Waals surface area (Å²) in [5.74, 6) is -0.991. The molecule has 0 aliphatic heterocycles. The number of carbonyl (C=O) groups excluding carboxylic acids is 2. The Balaban J connectivity index is 2.51. The number of aliphatic hydroxyl groups is 1. The minimum absolute atomic E-state index is 0.161. The van der Waals surface area contributed by atoms with Gasteiger partial charge >= 0.3 is 5.97 Å². The smallest absolute Gasteiger partial charge is 0.330 e. The average molecular weight is 237 g/mol. The molecule has 0 aromatic heterocycles. The molecule has 0 spiro atoms. The highest BCUT2D eigenvalue weighted by Gasteiger charge is 2.20. The van der Waals surface area contributed by atoms with Crippen molar-refractivity contribution in [3.05, 3.63) is 35.9 Å². The Hall–Kier alpha value is -1.88. The Kier molecular flexibility index (Phi) is 5.16. The molecule has 1 atom stereocenters. The monoisotopic (exact) mass is 237 g/mol. The van der Waals surface area contributed by atoms with Crippen molar-refractivity contribution in [2.24, 2.45) is 0 Å². The van der Waals surface area contributed by atoms with Crippen LogP contribution in [0.5, 0.6) is 0 Å². The molecule has 0 radical (unpaired) electrons. The number of methoxy groups -OCH3 is 1. The first-order chi connectivity index (χ1) is 8.17. The fourth-order valence-corrected chi connectivity index (χ4v) is 1.35. The number of benzene rings is 1. The molecule has 0 saturated carbocycles. The third-order valence-corrected chi connectivity index (χ3v) is 2.21. The van der Waals surface area contributed by atoms with Gasteiger partial charge in [0.15, 0.2) is 6.04 Å². The number of ether oxygens (including phenoxy) is 1. The van der Waals surface area contributed by atoms with Gasteiger partial charge in [-0.2, -0.15) is 0 Å². The lowest BCUT2D eigenvalue weighted by molar-refractivity contribution is -0.146. The summed E-state index contributed by atoms with van der Waals surface area (Å²) in [4.78, 5) is 22.7. The number of hydrogen-bond donors (Lipinski definition) is 2. The predicted octanol–water partition coefficient (Wildman–Crippen LogP) is -0.121. The zero-order valence-electron chi connectivity index (χ0n) is 9.55. The van der Waals surface area contributed by atoms with Crippen LogP contribution in [0.4, 0.5) is 0 Å². The largest absolute Gasteiger partial charge is 0.467 e. The first-order valence-electron chi connectivity index (χ1n) is 5.19. The second kappa shape index (κ2) is 6.65. The van der Waals surface area contributed by atoms with Crippen molar-refractivity contribution in [1.82, 2.24) is 5.32 Å². The van der Waals surface area contributed by atoms with Crippen LogP contribution in [0.2, 0.25) is 0 Å². The summed E-state index contributed by atoms with van der Waals surface area (Å²) >= 11 is 0. The highest BCUT2D eigenvalue weighted by atomic mass is 16.5. The van der Waals surface area contributed by atoms with E-state index in [1.165, 1.54) is 7.11 Å². The lowest BCUT2D eigenvalue weighted by atomic mass is 10.1. The van der Waals surface area contributed by atoms with Crippen LogP contribution in [0.1, 0.15) is 5.56 Å². The van der Waals surface area contributed by atoms with Gasteiger partial charge in [-0.05, 0) is 5.56 Å². The van der Waals surface area contributed by atoms with E-state index in [0.717, 1.165) is 5.56 Å². The fraction of sp³-hybridized carbons (Fsp3) is 0.333. The van der Waals surface area contributed by atoms with Crippen LogP contribution in [-0.4, -0.2) is 36.7 Å². The summed E-state index contributed by atoms with van der Waals surface area (Å²) in [5.41, 5.74) is 0.839. The van der Waals surface area contributed by atoms with E-state index in [9.17, 15) is 9.59 Å². The number of amides is 1. The Bertz CT molecular complexity index is 377. The van der Waals surface area contributed by atoms with E-state index >= 15 is 0 Å². The van der Waals surface area contributed by atoms with Crippen LogP contribution in [0.15, 0.2) is 30.3 Å². The van der Waals surface area contributed by atoms with Gasteiger partial charge in [0.05, 0.1) is 20.1 Å². The zero-order chi connectivity index (χ0) is 12.7. The standard InChI is InChI=1S/C12H15NO4/c1-17-12(16)10(8-14)13-11(15)7-9-5-3-2-4-6-9/h2-6,10,14H,7-8H2,1H3,(H,13,15)/t10-/m1/s1. The molecule has 5 heteroatoms. The summed E-state index contributed by atoms with van der Waals surface area (Å²) < 4.78 is 4.44. The third-order valence-electron chi connectivity index (χ3n) is 2.21. The molecule has 2 N–H and O–H groups in total. The fourth-order valence-electron chi connectivity index (χ4n) is 1.35. The Morgan fingerprint density at radius 2 is 2.00 bits per heavy atom. The zero-order valence-corrected chi connectivity index (χ0v) is 9.55. The van der Waals surface area contributed by atoms with Crippen molar-refractivity contribution in [2.75, 3.05) is 13.7 Å². The molecule has 0 bridgehead atoms. The van der Waals surface area contributed by atoms with Crippen molar-refractivity contribution >= 4 is 11.9 Å². The molecule has 0 heterocycles. The molecule has 0 fully saturated rings. The molecule has 1 amide bonds. The Morgan fingerprint density at radius 1 is 1.35 bits per heavy atom. The van der Waals surface area contributed by atoms with Gasteiger partial charge in [-0.3, -0.25) is 4.79 Å². The molecule has 1 aromatic rings. The van der Waals surface area contributed by atoms with E-state index in [4.69, 9.17) is 5.11 Å². The number of aliphatic hydroxyl groups excluding tert-OH is 1. The van der Waals surface area contributed by atoms with E-state index < -0.39 is 18.6 Å². The summed E-state index contributed by atoms with van der Waals surface area (Å²) in [5, 5.41) is 11.3. The van der Waals surface area contributed by atoms with Gasteiger partial charge in [0, 0.05) is 0 Å². The molecule has 17 heavy (non-hydrogen) atoms. The summed E-state index contributed by atoms with van der Waals surface area (Å²) in [6.45, 7) is -0.479. The van der Waals surface area contributed by atoms with Gasteiger partial charge < -0.3 is 15.2 Å². The van der Waals surface area contributed by atoms with E-state index in [1.54, 1.807) is 0 Å². The molecule has 0 aliphatic rings. The Morgan fingerprint density at radius 3 is 2.53 bits per heavy atom. The number of esters is 1. The highest BCUT2D eigenvalue weighted by Crippen LogP contribution is 1.99. The number of nitrogens with one attached hydrogen (secondary N) is 1. The molecule has 0 saturated heterocycles. The molecule has 0 aliphatic carbocycles. The van der Waals surface area contributed by atoms with Gasteiger partial charge in [0.2, 0.25) is 5.91 Å². The molecule has 1 aromatic carbocycles. The van der Waals surface area contributed by atoms with Crippen LogP contribution in [-0.2, 0) is 20.7 Å². The molecular weight excluding hydrogens is 222 g/mol. The van der Waals surface area contributed by atoms with Gasteiger partial charge in [-0.15, -0.1) is 0 Å². The molecule has 5 nitrogen and oxygen atoms in total. The van der Waals surface area contributed by atoms with Gasteiger partial charge in [-0.25, -0.2) is 4.79 Å². The minimum atomic E-state index is -1.00. The number of hydrogen-bond acceptors (Lipinski definition) is 4. The van der Waals surface area contributed by atoms with Crippen molar-refractivity contribution in [3.63, 3.8) is 0 Å². The molecular formula is C12H15NO4. The second-order valence-electron chi connectivity index (χ2n) is 3.49. The lowest BCUT2D eigenvalue weighted by Gasteiger charge is -2.13. The van der Waals surface area contributed by atoms with Crippen LogP contribution in [0.3, 0.4) is 0 Å². The maximum absolute atomic E-state index is 11.6. The molecule has 0 unspecified atom stereocenters. The SMILES string of the molecule is COC(=O)[C@@H](CO)NC(=O)Cc1ccccc1. The topological polar surface area (TPSA) is 75.6 Å². The van der Waals surface area contributed by atoms with E-state index in [-0.39, 0.29) is 12.3 Å². The van der Waals surface area contributed by atoms with Crippen LogP contribution in [0.25, 0.3) is 0 Å². The average Bonchev–Trinajstić information content (AvgIpc) is 2.36. The lowest BCUT2D eigenvalue weighted by Crippen LogP contribution is -2.44. The summed E-state index contributed by atoms with van der Waals surface area (Å²) in [6.07, 6.45) is 0.161. The summed E-state index contributed by atoms with van der Waals surface area (Å²) in [7, 11) is 1.20. The van der Waals surface area contributed by atoms with E-state index in [1.807, 2.05) is 30.3 Å². The van der Waals surface area contributed by atoms with Crippen molar-refractivity contribution in [2.45, 2.75) is 12.5 Å². The number of carbonyl (C=O) groups is 2. The first kappa shape index (κ1) is 13.2.